The van der Waals surface area contributed by atoms with E-state index in [-0.39, 0.29) is 40.6 Å². The fraction of sp³-hybridized carbons (Fsp3) is 0.667. The van der Waals surface area contributed by atoms with Gasteiger partial charge in [0.1, 0.15) is 0 Å². The van der Waals surface area contributed by atoms with Crippen LogP contribution in [0.1, 0.15) is 79.5 Å². The zero-order chi connectivity index (χ0) is 12.9. The van der Waals surface area contributed by atoms with Gasteiger partial charge in [-0.2, -0.15) is 0 Å². The van der Waals surface area contributed by atoms with Crippen LogP contribution in [0.25, 0.3) is 0 Å². The van der Waals surface area contributed by atoms with Gasteiger partial charge in [-0.3, -0.25) is 0 Å². The number of aryl methyl sites for hydroxylation is 1. The summed E-state index contributed by atoms with van der Waals surface area (Å²) in [6, 6.07) is 10.9. The Morgan fingerprint density at radius 2 is 1.16 bits per heavy atom. The van der Waals surface area contributed by atoms with E-state index in [1.807, 2.05) is 0 Å². The molecule has 0 N–H and O–H groups in total. The van der Waals surface area contributed by atoms with Crippen molar-refractivity contribution in [2.24, 2.45) is 0 Å². The summed E-state index contributed by atoms with van der Waals surface area (Å²) in [4.78, 5) is 0. The second kappa shape index (κ2) is 14.9. The van der Waals surface area contributed by atoms with Gasteiger partial charge in [0.15, 0.2) is 0 Å². The summed E-state index contributed by atoms with van der Waals surface area (Å²) >= 11 is 0. The summed E-state index contributed by atoms with van der Waals surface area (Å²) in [5.74, 6) is 0. The minimum absolute atomic E-state index is 0. The summed E-state index contributed by atoms with van der Waals surface area (Å²) in [5.41, 5.74) is 1.50. The van der Waals surface area contributed by atoms with Crippen LogP contribution in [0.3, 0.4) is 0 Å². The van der Waals surface area contributed by atoms with E-state index in [1.165, 1.54) is 76.2 Å². The van der Waals surface area contributed by atoms with Crippen molar-refractivity contribution in [2.45, 2.75) is 77.6 Å². The van der Waals surface area contributed by atoms with Gasteiger partial charge in [-0.15, -0.1) is 0 Å². The SMILES string of the molecule is CCCCCCCCCCCCc1ccccc1.[Ca+2].[H-].[H-]. The summed E-state index contributed by atoms with van der Waals surface area (Å²) in [7, 11) is 0. The molecule has 1 rings (SSSR count). The molecule has 1 heteroatoms. The molecule has 0 unspecified atom stereocenters. The molecule has 1 aromatic rings. The van der Waals surface area contributed by atoms with Crippen molar-refractivity contribution in [2.75, 3.05) is 0 Å². The molecule has 0 aliphatic rings. The van der Waals surface area contributed by atoms with Crippen molar-refractivity contribution >= 4 is 37.7 Å². The van der Waals surface area contributed by atoms with Gasteiger partial charge in [0.05, 0.1) is 0 Å². The molecule has 1 aromatic carbocycles. The zero-order valence-corrected chi connectivity index (χ0v) is 15.1. The van der Waals surface area contributed by atoms with Gasteiger partial charge in [0.25, 0.3) is 0 Å². The molecule has 0 saturated carbocycles. The van der Waals surface area contributed by atoms with Gasteiger partial charge in [-0.1, -0.05) is 95.0 Å². The second-order valence-corrected chi connectivity index (χ2v) is 5.42. The summed E-state index contributed by atoms with van der Waals surface area (Å²) in [6.07, 6.45) is 15.5. The molecule has 0 spiro atoms. The molecule has 0 bridgehead atoms. The molecule has 0 amide bonds. The maximum absolute atomic E-state index is 2.28. The minimum atomic E-state index is 0. The zero-order valence-electron chi connectivity index (χ0n) is 14.9. The van der Waals surface area contributed by atoms with E-state index in [4.69, 9.17) is 0 Å². The van der Waals surface area contributed by atoms with Crippen molar-refractivity contribution < 1.29 is 2.85 Å². The Morgan fingerprint density at radius 1 is 0.684 bits per heavy atom. The van der Waals surface area contributed by atoms with Crippen LogP contribution >= 0.6 is 0 Å². The molecule has 0 heterocycles. The molecule has 0 aliphatic heterocycles. The molecule has 0 aliphatic carbocycles. The average molecular weight is 289 g/mol. The van der Waals surface area contributed by atoms with Crippen molar-refractivity contribution in [3.05, 3.63) is 35.9 Å². The van der Waals surface area contributed by atoms with Gasteiger partial charge < -0.3 is 2.85 Å². The molecule has 106 valence electrons. The summed E-state index contributed by atoms with van der Waals surface area (Å²) < 4.78 is 0. The Bertz CT molecular complexity index is 278. The Balaban J connectivity index is -0.00000108. The Morgan fingerprint density at radius 3 is 1.68 bits per heavy atom. The molecule has 19 heavy (non-hydrogen) atoms. The number of hydrogen-bond donors (Lipinski definition) is 0. The van der Waals surface area contributed by atoms with Crippen molar-refractivity contribution in [1.29, 1.82) is 0 Å². The maximum Gasteiger partial charge on any atom is 2.00 e. The smallest absolute Gasteiger partial charge is 1.00 e. The summed E-state index contributed by atoms with van der Waals surface area (Å²) in [6.45, 7) is 2.28. The third-order valence-electron chi connectivity index (χ3n) is 3.66. The molecule has 0 fully saturated rings. The Labute approximate surface area is 153 Å². The monoisotopic (exact) mass is 288 g/mol. The van der Waals surface area contributed by atoms with E-state index in [0.29, 0.717) is 0 Å². The quantitative estimate of drug-likeness (QED) is 0.346. The largest absolute Gasteiger partial charge is 2.00 e. The van der Waals surface area contributed by atoms with Crippen LogP contribution < -0.4 is 0 Å². The predicted octanol–water partition coefficient (Wildman–Crippen LogP) is 5.99. The molecule has 0 nitrogen and oxygen atoms in total. The van der Waals surface area contributed by atoms with Gasteiger partial charge in [-0.05, 0) is 18.4 Å². The van der Waals surface area contributed by atoms with Crippen LogP contribution in [-0.4, -0.2) is 37.7 Å². The molecule has 0 aromatic heterocycles. The van der Waals surface area contributed by atoms with Crippen molar-refractivity contribution in [3.63, 3.8) is 0 Å². The normalized spacial score (nSPS) is 10.2. The standard InChI is InChI=1S/C18H30.Ca.2H/c1-2-3-4-5-6-7-8-9-10-12-15-18-16-13-11-14-17-18;;;/h11,13-14,16-17H,2-10,12,15H2,1H3;;;/q;+2;2*-1. The van der Waals surface area contributed by atoms with Crippen LogP contribution in [-0.2, 0) is 6.42 Å². The molecule has 0 saturated heterocycles. The number of hydrogen-bond acceptors (Lipinski definition) is 0. The van der Waals surface area contributed by atoms with Crippen molar-refractivity contribution in [3.8, 4) is 0 Å². The van der Waals surface area contributed by atoms with E-state index in [9.17, 15) is 0 Å². The van der Waals surface area contributed by atoms with E-state index < -0.39 is 0 Å². The van der Waals surface area contributed by atoms with Crippen molar-refractivity contribution in [1.82, 2.24) is 0 Å². The van der Waals surface area contributed by atoms with Crippen LogP contribution in [0.2, 0.25) is 0 Å². The van der Waals surface area contributed by atoms with Crippen LogP contribution in [0, 0.1) is 0 Å². The molecular formula is C18H32Ca. The Hall–Kier alpha value is 0.480. The van der Waals surface area contributed by atoms with E-state index >= 15 is 0 Å². The average Bonchev–Trinajstić information content (AvgIpc) is 2.42. The number of rotatable bonds is 11. The number of benzene rings is 1. The van der Waals surface area contributed by atoms with E-state index in [0.717, 1.165) is 0 Å². The first-order chi connectivity index (χ1) is 8.93. The maximum atomic E-state index is 2.28. The first-order valence-corrected chi connectivity index (χ1v) is 7.97. The first-order valence-electron chi connectivity index (χ1n) is 7.97. The van der Waals surface area contributed by atoms with Gasteiger partial charge in [-0.25, -0.2) is 0 Å². The first kappa shape index (κ1) is 19.5. The van der Waals surface area contributed by atoms with E-state index in [1.54, 1.807) is 0 Å². The molecule has 0 radical (unpaired) electrons. The molecule has 0 atom stereocenters. The third kappa shape index (κ3) is 12.0. The van der Waals surface area contributed by atoms with E-state index in [2.05, 4.69) is 37.3 Å². The minimum Gasteiger partial charge on any atom is -1.00 e. The van der Waals surface area contributed by atoms with Gasteiger partial charge >= 0.3 is 37.7 Å². The van der Waals surface area contributed by atoms with Gasteiger partial charge in [0.2, 0.25) is 0 Å². The van der Waals surface area contributed by atoms with Crippen LogP contribution in [0.15, 0.2) is 30.3 Å². The summed E-state index contributed by atoms with van der Waals surface area (Å²) in [5, 5.41) is 0. The predicted molar refractivity (Wildman–Crippen MR) is 90.0 cm³/mol. The Kier molecular flexibility index (Phi) is 15.3. The fourth-order valence-electron chi connectivity index (χ4n) is 2.46. The molecular weight excluding hydrogens is 256 g/mol. The van der Waals surface area contributed by atoms with Crippen LogP contribution in [0.4, 0.5) is 0 Å². The third-order valence-corrected chi connectivity index (χ3v) is 3.66. The van der Waals surface area contributed by atoms with Crippen LogP contribution in [0.5, 0.6) is 0 Å². The topological polar surface area (TPSA) is 0 Å². The second-order valence-electron chi connectivity index (χ2n) is 5.42. The fourth-order valence-corrected chi connectivity index (χ4v) is 2.46. The number of unbranched alkanes of at least 4 members (excludes halogenated alkanes) is 9. The van der Waals surface area contributed by atoms with Gasteiger partial charge in [0, 0.05) is 0 Å².